The quantitative estimate of drug-likeness (QED) is 0.675. The van der Waals surface area contributed by atoms with Crippen LogP contribution >= 0.6 is 11.6 Å². The van der Waals surface area contributed by atoms with Gasteiger partial charge in [0.25, 0.3) is 0 Å². The summed E-state index contributed by atoms with van der Waals surface area (Å²) in [5, 5.41) is 0.686. The minimum absolute atomic E-state index is 0.205. The normalized spacial score (nSPS) is 10.1. The molecule has 0 atom stereocenters. The molecule has 0 aromatic heterocycles. The molecule has 0 fully saturated rings. The van der Waals surface area contributed by atoms with Gasteiger partial charge in [-0.15, -0.1) is 0 Å². The summed E-state index contributed by atoms with van der Waals surface area (Å²) in [6.45, 7) is 3.91. The number of ketones is 1. The van der Waals surface area contributed by atoms with E-state index in [0.29, 0.717) is 11.4 Å². The number of hydrogen-bond acceptors (Lipinski definition) is 1. The fraction of sp³-hybridized carbons (Fsp3) is 0.364. The molecule has 0 aliphatic heterocycles. The third-order valence-electron chi connectivity index (χ3n) is 1.97. The van der Waals surface area contributed by atoms with Gasteiger partial charge in [-0.1, -0.05) is 18.5 Å². The van der Waals surface area contributed by atoms with Crippen molar-refractivity contribution in [1.29, 1.82) is 0 Å². The third-order valence-corrected chi connectivity index (χ3v) is 2.20. The monoisotopic (exact) mass is 196 g/mol. The van der Waals surface area contributed by atoms with E-state index in [4.69, 9.17) is 11.6 Å². The van der Waals surface area contributed by atoms with Gasteiger partial charge in [-0.25, -0.2) is 0 Å². The van der Waals surface area contributed by atoms with Crippen LogP contribution in [0.15, 0.2) is 18.2 Å². The van der Waals surface area contributed by atoms with E-state index >= 15 is 0 Å². The molecule has 1 aromatic carbocycles. The molecule has 0 amide bonds. The molecule has 0 spiro atoms. The minimum atomic E-state index is 0.205. The first-order valence-electron chi connectivity index (χ1n) is 4.44. The van der Waals surface area contributed by atoms with Crippen LogP contribution in [0.5, 0.6) is 0 Å². The van der Waals surface area contributed by atoms with E-state index in [2.05, 4.69) is 0 Å². The average molecular weight is 197 g/mol. The number of carbonyl (C=O) groups excluding carboxylic acids is 1. The first kappa shape index (κ1) is 10.3. The van der Waals surface area contributed by atoms with Gasteiger partial charge < -0.3 is 0 Å². The molecule has 0 aliphatic rings. The lowest BCUT2D eigenvalue weighted by molar-refractivity contribution is 0.0981. The molecule has 1 nitrogen and oxygen atoms in total. The molecular formula is C11H13ClO. The van der Waals surface area contributed by atoms with Crippen LogP contribution in [0.2, 0.25) is 5.02 Å². The lowest BCUT2D eigenvalue weighted by Gasteiger charge is -2.03. The number of hydrogen-bond donors (Lipinski definition) is 0. The standard InChI is InChI=1S/C11H13ClO/c1-3-4-11(13)10-6-5-9(12)7-8(10)2/h5-7H,3-4H2,1-2H3. The Morgan fingerprint density at radius 2 is 2.15 bits per heavy atom. The zero-order chi connectivity index (χ0) is 9.84. The van der Waals surface area contributed by atoms with Crippen molar-refractivity contribution in [3.8, 4) is 0 Å². The second-order valence-corrected chi connectivity index (χ2v) is 3.57. The number of benzene rings is 1. The lowest BCUT2D eigenvalue weighted by Crippen LogP contribution is -2.00. The smallest absolute Gasteiger partial charge is 0.163 e. The molecule has 0 N–H and O–H groups in total. The van der Waals surface area contributed by atoms with Crippen LogP contribution < -0.4 is 0 Å². The summed E-state index contributed by atoms with van der Waals surface area (Å²) >= 11 is 5.79. The molecule has 1 rings (SSSR count). The van der Waals surface area contributed by atoms with Crippen LogP contribution in [0.3, 0.4) is 0 Å². The number of Topliss-reactive ketones (excluding diaryl/α,β-unsaturated/α-hetero) is 1. The Morgan fingerprint density at radius 3 is 2.69 bits per heavy atom. The van der Waals surface area contributed by atoms with Gasteiger partial charge in [-0.05, 0) is 37.1 Å². The van der Waals surface area contributed by atoms with E-state index in [1.54, 1.807) is 12.1 Å². The lowest BCUT2D eigenvalue weighted by atomic mass is 10.0. The summed E-state index contributed by atoms with van der Waals surface area (Å²) in [4.78, 5) is 11.5. The Morgan fingerprint density at radius 1 is 1.46 bits per heavy atom. The molecular weight excluding hydrogens is 184 g/mol. The predicted molar refractivity (Wildman–Crippen MR) is 55.4 cm³/mol. The van der Waals surface area contributed by atoms with Crippen molar-refractivity contribution in [1.82, 2.24) is 0 Å². The number of halogens is 1. The summed E-state index contributed by atoms with van der Waals surface area (Å²) in [6.07, 6.45) is 1.50. The van der Waals surface area contributed by atoms with Gasteiger partial charge in [0.15, 0.2) is 5.78 Å². The van der Waals surface area contributed by atoms with E-state index in [0.717, 1.165) is 17.5 Å². The minimum Gasteiger partial charge on any atom is -0.294 e. The van der Waals surface area contributed by atoms with Gasteiger partial charge in [-0.2, -0.15) is 0 Å². The predicted octanol–water partition coefficient (Wildman–Crippen LogP) is 3.63. The van der Waals surface area contributed by atoms with E-state index < -0.39 is 0 Å². The second kappa shape index (κ2) is 4.43. The molecule has 0 aliphatic carbocycles. The topological polar surface area (TPSA) is 17.1 Å². The van der Waals surface area contributed by atoms with Gasteiger partial charge >= 0.3 is 0 Å². The number of carbonyl (C=O) groups is 1. The fourth-order valence-electron chi connectivity index (χ4n) is 1.30. The van der Waals surface area contributed by atoms with Gasteiger partial charge in [0.05, 0.1) is 0 Å². The van der Waals surface area contributed by atoms with E-state index in [1.165, 1.54) is 0 Å². The highest BCUT2D eigenvalue weighted by Crippen LogP contribution is 2.16. The summed E-state index contributed by atoms with van der Waals surface area (Å²) in [7, 11) is 0. The highest BCUT2D eigenvalue weighted by atomic mass is 35.5. The van der Waals surface area contributed by atoms with Crippen LogP contribution in [0, 0.1) is 6.92 Å². The first-order valence-corrected chi connectivity index (χ1v) is 4.82. The maximum absolute atomic E-state index is 11.5. The van der Waals surface area contributed by atoms with Crippen molar-refractivity contribution in [2.24, 2.45) is 0 Å². The van der Waals surface area contributed by atoms with Gasteiger partial charge in [0.1, 0.15) is 0 Å². The zero-order valence-electron chi connectivity index (χ0n) is 7.93. The zero-order valence-corrected chi connectivity index (χ0v) is 8.69. The van der Waals surface area contributed by atoms with E-state index in [9.17, 15) is 4.79 Å². The molecule has 2 heteroatoms. The molecule has 0 bridgehead atoms. The van der Waals surface area contributed by atoms with Gasteiger partial charge in [0.2, 0.25) is 0 Å². The highest BCUT2D eigenvalue weighted by Gasteiger charge is 2.07. The molecule has 0 saturated heterocycles. The Bertz CT molecular complexity index is 318. The first-order chi connectivity index (χ1) is 6.15. The van der Waals surface area contributed by atoms with Crippen LogP contribution in [0.1, 0.15) is 35.7 Å². The van der Waals surface area contributed by atoms with Crippen molar-refractivity contribution in [2.75, 3.05) is 0 Å². The Labute approximate surface area is 83.7 Å². The van der Waals surface area contributed by atoms with Crippen molar-refractivity contribution in [2.45, 2.75) is 26.7 Å². The molecule has 13 heavy (non-hydrogen) atoms. The largest absolute Gasteiger partial charge is 0.294 e. The SMILES string of the molecule is CCCC(=O)c1ccc(Cl)cc1C. The summed E-state index contributed by atoms with van der Waals surface area (Å²) in [5.74, 6) is 0.205. The maximum atomic E-state index is 11.5. The van der Waals surface area contributed by atoms with Crippen molar-refractivity contribution in [3.05, 3.63) is 34.3 Å². The van der Waals surface area contributed by atoms with Gasteiger partial charge in [0, 0.05) is 17.0 Å². The molecule has 0 radical (unpaired) electrons. The number of aryl methyl sites for hydroxylation is 1. The molecule has 0 unspecified atom stereocenters. The van der Waals surface area contributed by atoms with Gasteiger partial charge in [-0.3, -0.25) is 4.79 Å². The van der Waals surface area contributed by atoms with Crippen LogP contribution in [0.25, 0.3) is 0 Å². The Balaban J connectivity index is 2.95. The Hall–Kier alpha value is -0.820. The maximum Gasteiger partial charge on any atom is 0.163 e. The summed E-state index contributed by atoms with van der Waals surface area (Å²) < 4.78 is 0. The molecule has 1 aromatic rings. The molecule has 0 heterocycles. The summed E-state index contributed by atoms with van der Waals surface area (Å²) in [6, 6.07) is 5.39. The van der Waals surface area contributed by atoms with Crippen molar-refractivity contribution < 1.29 is 4.79 Å². The third kappa shape index (κ3) is 2.56. The Kier molecular flexibility index (Phi) is 3.49. The second-order valence-electron chi connectivity index (χ2n) is 3.13. The number of rotatable bonds is 3. The van der Waals surface area contributed by atoms with E-state index in [-0.39, 0.29) is 5.78 Å². The fourth-order valence-corrected chi connectivity index (χ4v) is 1.53. The van der Waals surface area contributed by atoms with E-state index in [1.807, 2.05) is 19.9 Å². The van der Waals surface area contributed by atoms with Crippen molar-refractivity contribution >= 4 is 17.4 Å². The van der Waals surface area contributed by atoms with Crippen molar-refractivity contribution in [3.63, 3.8) is 0 Å². The van der Waals surface area contributed by atoms with Crippen LogP contribution in [0.4, 0.5) is 0 Å². The summed E-state index contributed by atoms with van der Waals surface area (Å²) in [5.41, 5.74) is 1.76. The highest BCUT2D eigenvalue weighted by molar-refractivity contribution is 6.30. The molecule has 70 valence electrons. The van der Waals surface area contributed by atoms with Crippen LogP contribution in [-0.2, 0) is 0 Å². The average Bonchev–Trinajstić information content (AvgIpc) is 2.04. The van der Waals surface area contributed by atoms with Crippen LogP contribution in [-0.4, -0.2) is 5.78 Å². The molecule has 0 saturated carbocycles.